The molecule has 2 aromatic rings. The maximum atomic E-state index is 12.8. The molecule has 162 valence electrons. The topological polar surface area (TPSA) is 75.0 Å². The van der Waals surface area contributed by atoms with Gasteiger partial charge in [-0.1, -0.05) is 42.1 Å². The monoisotopic (exact) mass is 438 g/mol. The van der Waals surface area contributed by atoms with Gasteiger partial charge in [-0.15, -0.1) is 0 Å². The molecule has 0 unspecified atom stereocenters. The second kappa shape index (κ2) is 9.98. The third-order valence-electron chi connectivity index (χ3n) is 5.60. The molecule has 1 aromatic carbocycles. The van der Waals surface area contributed by atoms with Crippen LogP contribution in [0.25, 0.3) is 4.85 Å². The lowest BCUT2D eigenvalue weighted by atomic mass is 10.1. The van der Waals surface area contributed by atoms with Crippen molar-refractivity contribution in [3.63, 3.8) is 0 Å². The Morgan fingerprint density at radius 1 is 1.32 bits per heavy atom. The molecule has 2 aliphatic heterocycles. The van der Waals surface area contributed by atoms with Gasteiger partial charge in [0, 0.05) is 31.7 Å². The van der Waals surface area contributed by atoms with Crippen molar-refractivity contribution in [1.82, 2.24) is 20.2 Å². The smallest absolute Gasteiger partial charge is 0.410 e. The number of anilines is 1. The van der Waals surface area contributed by atoms with Gasteiger partial charge in [0.05, 0.1) is 5.69 Å². The SMILES string of the molecule is [C-]#[N+]C[C@H]1CN(c2nc(SC)nc3c2CCNC3)CCN1C(=O)OCc1ccccc1. The number of hydrogen-bond acceptors (Lipinski definition) is 7. The third-order valence-corrected chi connectivity index (χ3v) is 6.15. The van der Waals surface area contributed by atoms with Crippen molar-refractivity contribution in [2.45, 2.75) is 30.8 Å². The van der Waals surface area contributed by atoms with Crippen molar-refractivity contribution in [3.05, 3.63) is 58.6 Å². The van der Waals surface area contributed by atoms with E-state index >= 15 is 0 Å². The van der Waals surface area contributed by atoms with Crippen LogP contribution < -0.4 is 10.2 Å². The molecule has 0 aliphatic carbocycles. The molecule has 8 nitrogen and oxygen atoms in total. The van der Waals surface area contributed by atoms with Crippen molar-refractivity contribution < 1.29 is 9.53 Å². The molecule has 1 fully saturated rings. The number of fused-ring (bicyclic) bond motifs is 1. The highest BCUT2D eigenvalue weighted by molar-refractivity contribution is 7.98. The van der Waals surface area contributed by atoms with Crippen LogP contribution in [0.1, 0.15) is 16.8 Å². The Hall–Kier alpha value is -2.83. The van der Waals surface area contributed by atoms with Crippen molar-refractivity contribution in [1.29, 1.82) is 0 Å². The number of hydrogen-bond donors (Lipinski definition) is 1. The Morgan fingerprint density at radius 3 is 2.94 bits per heavy atom. The fourth-order valence-corrected chi connectivity index (χ4v) is 4.40. The lowest BCUT2D eigenvalue weighted by Gasteiger charge is -2.40. The van der Waals surface area contributed by atoms with E-state index < -0.39 is 0 Å². The quantitative estimate of drug-likeness (QED) is 0.437. The van der Waals surface area contributed by atoms with E-state index in [1.807, 2.05) is 36.6 Å². The molecule has 1 aromatic heterocycles. The summed E-state index contributed by atoms with van der Waals surface area (Å²) in [6, 6.07) is 9.39. The molecular weight excluding hydrogens is 412 g/mol. The average molecular weight is 439 g/mol. The van der Waals surface area contributed by atoms with E-state index in [9.17, 15) is 4.79 Å². The summed E-state index contributed by atoms with van der Waals surface area (Å²) in [6.07, 6.45) is 2.49. The number of carbonyl (C=O) groups is 1. The van der Waals surface area contributed by atoms with Gasteiger partial charge in [0.25, 0.3) is 0 Å². The summed E-state index contributed by atoms with van der Waals surface area (Å²) in [4.78, 5) is 29.7. The van der Waals surface area contributed by atoms with Crippen LogP contribution in [-0.2, 0) is 24.3 Å². The van der Waals surface area contributed by atoms with E-state index in [1.54, 1.807) is 4.90 Å². The molecule has 0 bridgehead atoms. The lowest BCUT2D eigenvalue weighted by molar-refractivity contribution is 0.0788. The summed E-state index contributed by atoms with van der Waals surface area (Å²) >= 11 is 1.53. The van der Waals surface area contributed by atoms with Crippen LogP contribution in [-0.4, -0.2) is 66.0 Å². The summed E-state index contributed by atoms with van der Waals surface area (Å²) in [5, 5.41) is 4.13. The number of nitrogens with one attached hydrogen (secondary N) is 1. The highest BCUT2D eigenvalue weighted by atomic mass is 32.2. The first kappa shape index (κ1) is 21.4. The number of thioether (sulfide) groups is 1. The predicted molar refractivity (Wildman–Crippen MR) is 120 cm³/mol. The largest absolute Gasteiger partial charge is 0.445 e. The van der Waals surface area contributed by atoms with Crippen LogP contribution in [0.4, 0.5) is 10.6 Å². The van der Waals surface area contributed by atoms with Crippen molar-refractivity contribution in [2.24, 2.45) is 0 Å². The van der Waals surface area contributed by atoms with E-state index in [2.05, 4.69) is 20.0 Å². The summed E-state index contributed by atoms with van der Waals surface area (Å²) in [5.74, 6) is 0.947. The molecule has 1 atom stereocenters. The molecule has 1 N–H and O–H groups in total. The fraction of sp³-hybridized carbons (Fsp3) is 0.455. The number of nitrogens with zero attached hydrogens (tertiary/aromatic N) is 5. The van der Waals surface area contributed by atoms with Gasteiger partial charge in [0.15, 0.2) is 5.16 Å². The first-order valence-corrected chi connectivity index (χ1v) is 11.6. The number of amides is 1. The van der Waals surface area contributed by atoms with Crippen molar-refractivity contribution in [2.75, 3.05) is 43.9 Å². The summed E-state index contributed by atoms with van der Waals surface area (Å²) in [5.41, 5.74) is 3.17. The Bertz CT molecular complexity index is 964. The normalized spacial score (nSPS) is 18.3. The van der Waals surface area contributed by atoms with E-state index in [0.29, 0.717) is 19.6 Å². The summed E-state index contributed by atoms with van der Waals surface area (Å²) < 4.78 is 5.54. The Kier molecular flexibility index (Phi) is 6.89. The average Bonchev–Trinajstić information content (AvgIpc) is 2.82. The summed E-state index contributed by atoms with van der Waals surface area (Å²) in [6.45, 7) is 11.2. The third kappa shape index (κ3) is 4.92. The van der Waals surface area contributed by atoms with Crippen LogP contribution >= 0.6 is 11.8 Å². The molecular formula is C22H26N6O2S. The Balaban J connectivity index is 1.49. The van der Waals surface area contributed by atoms with Gasteiger partial charge >= 0.3 is 6.09 Å². The van der Waals surface area contributed by atoms with Gasteiger partial charge in [-0.3, -0.25) is 4.90 Å². The number of ether oxygens (including phenoxy) is 1. The first-order valence-electron chi connectivity index (χ1n) is 10.4. The van der Waals surface area contributed by atoms with E-state index in [1.165, 1.54) is 17.3 Å². The zero-order valence-electron chi connectivity index (χ0n) is 17.6. The molecule has 0 radical (unpaired) electrons. The minimum Gasteiger partial charge on any atom is -0.445 e. The maximum Gasteiger partial charge on any atom is 0.410 e. The molecule has 9 heteroatoms. The van der Waals surface area contributed by atoms with Gasteiger partial charge in [0.2, 0.25) is 6.54 Å². The number of aromatic nitrogens is 2. The molecule has 3 heterocycles. The Morgan fingerprint density at radius 2 is 2.16 bits per heavy atom. The number of rotatable bonds is 5. The fourth-order valence-electron chi connectivity index (χ4n) is 4.02. The molecule has 4 rings (SSSR count). The zero-order chi connectivity index (χ0) is 21.6. The molecule has 2 aliphatic rings. The van der Waals surface area contributed by atoms with E-state index in [-0.39, 0.29) is 25.3 Å². The number of piperazine rings is 1. The van der Waals surface area contributed by atoms with Gasteiger partial charge in [-0.05, 0) is 24.8 Å². The van der Waals surface area contributed by atoms with E-state index in [0.717, 1.165) is 41.7 Å². The van der Waals surface area contributed by atoms with Crippen LogP contribution in [0.3, 0.4) is 0 Å². The highest BCUT2D eigenvalue weighted by Crippen LogP contribution is 2.28. The standard InChI is InChI=1S/C22H26N6O2S/c1-23-12-17-14-27(20-18-8-9-24-13-19(18)25-21(26-20)31-2)10-11-28(17)22(29)30-15-16-6-4-3-5-7-16/h3-7,17,24H,8-15H2,2H3/t17-/m0/s1. The molecule has 1 amide bonds. The lowest BCUT2D eigenvalue weighted by Crippen LogP contribution is -2.57. The first-order chi connectivity index (χ1) is 15.2. The summed E-state index contributed by atoms with van der Waals surface area (Å²) in [7, 11) is 0. The predicted octanol–water partition coefficient (Wildman–Crippen LogP) is 2.59. The van der Waals surface area contributed by atoms with Gasteiger partial charge in [-0.2, -0.15) is 0 Å². The second-order valence-electron chi connectivity index (χ2n) is 7.56. The van der Waals surface area contributed by atoms with Crippen LogP contribution in [0.2, 0.25) is 0 Å². The van der Waals surface area contributed by atoms with Crippen LogP contribution in [0.15, 0.2) is 35.5 Å². The zero-order valence-corrected chi connectivity index (χ0v) is 18.4. The van der Waals surface area contributed by atoms with Gasteiger partial charge < -0.3 is 19.8 Å². The van der Waals surface area contributed by atoms with Crippen molar-refractivity contribution in [3.8, 4) is 0 Å². The second-order valence-corrected chi connectivity index (χ2v) is 8.33. The molecule has 1 saturated heterocycles. The highest BCUT2D eigenvalue weighted by Gasteiger charge is 2.35. The molecule has 31 heavy (non-hydrogen) atoms. The maximum absolute atomic E-state index is 12.8. The minimum atomic E-state index is -0.365. The molecule has 0 saturated carbocycles. The van der Waals surface area contributed by atoms with Crippen LogP contribution in [0, 0.1) is 6.57 Å². The Labute approximate surface area is 186 Å². The van der Waals surface area contributed by atoms with E-state index in [4.69, 9.17) is 16.3 Å². The van der Waals surface area contributed by atoms with Crippen LogP contribution in [0.5, 0.6) is 0 Å². The van der Waals surface area contributed by atoms with Crippen molar-refractivity contribution >= 4 is 23.7 Å². The van der Waals surface area contributed by atoms with Gasteiger partial charge in [0.1, 0.15) is 18.5 Å². The minimum absolute atomic E-state index is 0.230. The number of carbonyl (C=O) groups excluding carboxylic acids is 1. The molecule has 0 spiro atoms. The number of benzene rings is 1. The van der Waals surface area contributed by atoms with Gasteiger partial charge in [-0.25, -0.2) is 21.3 Å².